The molecule has 14 heavy (non-hydrogen) atoms. The second-order valence-electron chi connectivity index (χ2n) is 4.65. The van der Waals surface area contributed by atoms with Gasteiger partial charge in [0.05, 0.1) is 4.99 Å². The van der Waals surface area contributed by atoms with Gasteiger partial charge in [-0.25, -0.2) is 0 Å². The van der Waals surface area contributed by atoms with Gasteiger partial charge in [-0.05, 0) is 31.7 Å². The molecule has 0 saturated heterocycles. The van der Waals surface area contributed by atoms with Crippen molar-refractivity contribution in [1.29, 1.82) is 0 Å². The molecule has 2 N–H and O–H groups in total. The first-order valence-electron chi connectivity index (χ1n) is 5.53. The first-order valence-corrected chi connectivity index (χ1v) is 5.94. The molecular formula is C11H22N2S. The fourth-order valence-electron chi connectivity index (χ4n) is 2.02. The van der Waals surface area contributed by atoms with Crippen LogP contribution < -0.4 is 5.73 Å². The van der Waals surface area contributed by atoms with Crippen molar-refractivity contribution in [3.05, 3.63) is 0 Å². The Labute approximate surface area is 92.8 Å². The summed E-state index contributed by atoms with van der Waals surface area (Å²) in [5.41, 5.74) is 5.59. The number of nitrogens with two attached hydrogens (primary N) is 1. The van der Waals surface area contributed by atoms with E-state index < -0.39 is 0 Å². The fourth-order valence-corrected chi connectivity index (χ4v) is 2.21. The molecule has 82 valence electrons. The third kappa shape index (κ3) is 3.54. The number of nitrogens with zero attached hydrogens (tertiary/aromatic N) is 1. The minimum atomic E-state index is 0.542. The van der Waals surface area contributed by atoms with E-state index in [1.807, 2.05) is 0 Å². The van der Waals surface area contributed by atoms with Gasteiger partial charge >= 0.3 is 0 Å². The third-order valence-electron chi connectivity index (χ3n) is 3.33. The second-order valence-corrected chi connectivity index (χ2v) is 5.17. The van der Waals surface area contributed by atoms with Crippen molar-refractivity contribution < 1.29 is 0 Å². The van der Waals surface area contributed by atoms with Gasteiger partial charge in [0.25, 0.3) is 0 Å². The van der Waals surface area contributed by atoms with Crippen LogP contribution in [-0.2, 0) is 0 Å². The molecule has 0 aromatic heterocycles. The first kappa shape index (κ1) is 11.9. The van der Waals surface area contributed by atoms with E-state index in [2.05, 4.69) is 25.8 Å². The predicted molar refractivity (Wildman–Crippen MR) is 65.4 cm³/mol. The summed E-state index contributed by atoms with van der Waals surface area (Å²) < 4.78 is 0. The molecule has 0 amide bonds. The lowest BCUT2D eigenvalue weighted by molar-refractivity contribution is 0.229. The van der Waals surface area contributed by atoms with Gasteiger partial charge in [-0.3, -0.25) is 0 Å². The van der Waals surface area contributed by atoms with Crippen LogP contribution in [0.15, 0.2) is 0 Å². The second kappa shape index (κ2) is 5.08. The molecule has 0 aromatic rings. The Bertz CT molecular complexity index is 205. The summed E-state index contributed by atoms with van der Waals surface area (Å²) in [6, 6.07) is 0.542. The summed E-state index contributed by atoms with van der Waals surface area (Å²) in [6.07, 6.45) is 3.40. The van der Waals surface area contributed by atoms with E-state index in [4.69, 9.17) is 18.0 Å². The monoisotopic (exact) mass is 214 g/mol. The Morgan fingerprint density at radius 3 is 2.57 bits per heavy atom. The molecule has 0 heterocycles. The summed E-state index contributed by atoms with van der Waals surface area (Å²) in [5, 5.41) is 0. The summed E-state index contributed by atoms with van der Waals surface area (Å²) in [7, 11) is 2.19. The van der Waals surface area contributed by atoms with Gasteiger partial charge < -0.3 is 10.6 Å². The molecule has 0 spiro atoms. The first-order chi connectivity index (χ1) is 6.54. The molecular weight excluding hydrogens is 192 g/mol. The molecule has 3 atom stereocenters. The van der Waals surface area contributed by atoms with E-state index in [9.17, 15) is 0 Å². The lowest BCUT2D eigenvalue weighted by Crippen LogP contribution is -2.36. The summed E-state index contributed by atoms with van der Waals surface area (Å²) in [6.45, 7) is 5.74. The molecule has 0 aliphatic heterocycles. The quantitative estimate of drug-likeness (QED) is 0.686. The van der Waals surface area contributed by atoms with Crippen molar-refractivity contribution in [2.45, 2.75) is 39.2 Å². The van der Waals surface area contributed by atoms with Crippen LogP contribution in [0.3, 0.4) is 0 Å². The number of hydrogen-bond donors (Lipinski definition) is 1. The Balaban J connectivity index is 2.31. The van der Waals surface area contributed by atoms with Gasteiger partial charge in [0.1, 0.15) is 0 Å². The van der Waals surface area contributed by atoms with Crippen molar-refractivity contribution in [2.75, 3.05) is 13.6 Å². The summed E-state index contributed by atoms with van der Waals surface area (Å²) in [4.78, 5) is 3.07. The van der Waals surface area contributed by atoms with Crippen molar-refractivity contribution in [1.82, 2.24) is 4.90 Å². The normalized spacial score (nSPS) is 27.7. The van der Waals surface area contributed by atoms with Gasteiger partial charge in [0.2, 0.25) is 0 Å². The molecule has 1 saturated carbocycles. The zero-order valence-electron chi connectivity index (χ0n) is 9.49. The van der Waals surface area contributed by atoms with E-state index in [1.54, 1.807) is 0 Å². The predicted octanol–water partition coefficient (Wildman–Crippen LogP) is 2.03. The van der Waals surface area contributed by atoms with Crippen LogP contribution in [0.25, 0.3) is 0 Å². The maximum Gasteiger partial charge on any atom is 0.0743 e. The number of thiocarbonyl (C=S) groups is 1. The largest absolute Gasteiger partial charge is 0.393 e. The Morgan fingerprint density at radius 2 is 2.21 bits per heavy atom. The van der Waals surface area contributed by atoms with Gasteiger partial charge in [0.15, 0.2) is 0 Å². The molecule has 3 heteroatoms. The van der Waals surface area contributed by atoms with Gasteiger partial charge in [-0.1, -0.05) is 26.1 Å². The fraction of sp³-hybridized carbons (Fsp3) is 0.909. The maximum atomic E-state index is 5.59. The molecule has 1 fully saturated rings. The molecule has 1 aliphatic rings. The van der Waals surface area contributed by atoms with Crippen molar-refractivity contribution >= 4 is 17.2 Å². The zero-order chi connectivity index (χ0) is 10.7. The Morgan fingerprint density at radius 1 is 1.64 bits per heavy atom. The van der Waals surface area contributed by atoms with E-state index >= 15 is 0 Å². The minimum Gasteiger partial charge on any atom is -0.393 e. The number of rotatable bonds is 6. The van der Waals surface area contributed by atoms with Crippen LogP contribution in [0.1, 0.15) is 33.1 Å². The number of hydrogen-bond acceptors (Lipinski definition) is 2. The molecule has 0 aromatic carbocycles. The minimum absolute atomic E-state index is 0.542. The summed E-state index contributed by atoms with van der Waals surface area (Å²) >= 11 is 4.96. The molecule has 1 rings (SSSR count). The van der Waals surface area contributed by atoms with Crippen LogP contribution in [0.5, 0.6) is 0 Å². The lowest BCUT2D eigenvalue weighted by atomic mass is 10.1. The van der Waals surface area contributed by atoms with E-state index in [0.29, 0.717) is 11.0 Å². The maximum absolute atomic E-state index is 5.59. The highest BCUT2D eigenvalue weighted by molar-refractivity contribution is 7.80. The van der Waals surface area contributed by atoms with Crippen LogP contribution in [0.2, 0.25) is 0 Å². The van der Waals surface area contributed by atoms with Crippen LogP contribution >= 0.6 is 12.2 Å². The molecule has 0 bridgehead atoms. The third-order valence-corrected chi connectivity index (χ3v) is 3.50. The summed E-state index contributed by atoms with van der Waals surface area (Å²) in [5.74, 6) is 1.85. The Kier molecular flexibility index (Phi) is 4.32. The van der Waals surface area contributed by atoms with Crippen LogP contribution in [0, 0.1) is 11.8 Å². The van der Waals surface area contributed by atoms with Crippen molar-refractivity contribution in [3.8, 4) is 0 Å². The average molecular weight is 214 g/mol. The van der Waals surface area contributed by atoms with Crippen LogP contribution in [0.4, 0.5) is 0 Å². The molecule has 2 nitrogen and oxygen atoms in total. The smallest absolute Gasteiger partial charge is 0.0743 e. The lowest BCUT2D eigenvalue weighted by Gasteiger charge is -2.26. The SMILES string of the molecule is CCC(CC(N)=S)N(C)CC1CC1C. The van der Waals surface area contributed by atoms with E-state index in [0.717, 1.165) is 24.7 Å². The standard InChI is InChI=1S/C11H22N2S/c1-4-10(6-11(12)14)13(3)7-9-5-8(9)2/h8-10H,4-7H2,1-3H3,(H2,12,14). The van der Waals surface area contributed by atoms with Crippen molar-refractivity contribution in [3.63, 3.8) is 0 Å². The van der Waals surface area contributed by atoms with Gasteiger partial charge in [-0.2, -0.15) is 0 Å². The average Bonchev–Trinajstić information content (AvgIpc) is 2.77. The molecule has 3 unspecified atom stereocenters. The Hall–Kier alpha value is -0.150. The van der Waals surface area contributed by atoms with E-state index in [-0.39, 0.29) is 0 Å². The molecule has 0 radical (unpaired) electrons. The van der Waals surface area contributed by atoms with Crippen LogP contribution in [-0.4, -0.2) is 29.5 Å². The van der Waals surface area contributed by atoms with Gasteiger partial charge in [0, 0.05) is 19.0 Å². The topological polar surface area (TPSA) is 29.3 Å². The highest BCUT2D eigenvalue weighted by Gasteiger charge is 2.34. The van der Waals surface area contributed by atoms with Crippen molar-refractivity contribution in [2.24, 2.45) is 17.6 Å². The van der Waals surface area contributed by atoms with E-state index in [1.165, 1.54) is 13.0 Å². The highest BCUT2D eigenvalue weighted by Crippen LogP contribution is 2.38. The van der Waals surface area contributed by atoms with Gasteiger partial charge in [-0.15, -0.1) is 0 Å². The highest BCUT2D eigenvalue weighted by atomic mass is 32.1. The molecule has 1 aliphatic carbocycles. The zero-order valence-corrected chi connectivity index (χ0v) is 10.3.